The molecule has 146 valence electrons. The van der Waals surface area contributed by atoms with E-state index in [0.29, 0.717) is 28.7 Å². The van der Waals surface area contributed by atoms with E-state index in [0.717, 1.165) is 24.6 Å². The molecule has 8 heteroatoms. The van der Waals surface area contributed by atoms with Crippen LogP contribution in [0.5, 0.6) is 0 Å². The molecule has 2 aromatic rings. The molecule has 1 aliphatic carbocycles. The zero-order chi connectivity index (χ0) is 20.3. The number of hydrogen-bond donors (Lipinski definition) is 3. The molecule has 1 amide bonds. The topological polar surface area (TPSA) is 82.5 Å². The third-order valence-electron chi connectivity index (χ3n) is 4.47. The van der Waals surface area contributed by atoms with Crippen LogP contribution in [0.3, 0.4) is 0 Å². The van der Waals surface area contributed by atoms with E-state index in [4.69, 9.17) is 0 Å². The molecule has 3 rings (SSSR count). The number of aliphatic hydroxyl groups is 1. The van der Waals surface area contributed by atoms with Crippen molar-refractivity contribution in [2.24, 2.45) is 0 Å². The standard InChI is InChI=1S/C20H17BrF2N2O3/c21-16-3-2-15(4-7-20(28)5-1-6-20)24-18(16)17(25-19(26)27)10-12-8-13(22)11-14(23)9-12/h2-3,8-9,11,17,25,28H,1,5-6,10H2,(H,26,27). The van der Waals surface area contributed by atoms with Gasteiger partial charge in [0.1, 0.15) is 22.9 Å². The Morgan fingerprint density at radius 3 is 2.54 bits per heavy atom. The molecule has 1 fully saturated rings. The molecule has 28 heavy (non-hydrogen) atoms. The van der Waals surface area contributed by atoms with Crippen molar-refractivity contribution in [2.45, 2.75) is 37.3 Å². The van der Waals surface area contributed by atoms with Gasteiger partial charge in [-0.05, 0) is 77.4 Å². The van der Waals surface area contributed by atoms with Crippen LogP contribution < -0.4 is 5.32 Å². The Labute approximate surface area is 168 Å². The number of nitrogens with one attached hydrogen (secondary N) is 1. The normalized spacial score (nSPS) is 15.7. The Morgan fingerprint density at radius 1 is 1.29 bits per heavy atom. The van der Waals surface area contributed by atoms with E-state index in [1.165, 1.54) is 0 Å². The van der Waals surface area contributed by atoms with Gasteiger partial charge in [-0.25, -0.2) is 18.6 Å². The van der Waals surface area contributed by atoms with Crippen LogP contribution in [0.25, 0.3) is 0 Å². The van der Waals surface area contributed by atoms with Crippen molar-refractivity contribution in [3.63, 3.8) is 0 Å². The van der Waals surface area contributed by atoms with Crippen LogP contribution in [-0.4, -0.2) is 26.9 Å². The Hall–Kier alpha value is -2.50. The quantitative estimate of drug-likeness (QED) is 0.616. The van der Waals surface area contributed by atoms with Gasteiger partial charge < -0.3 is 15.5 Å². The van der Waals surface area contributed by atoms with Gasteiger partial charge in [-0.15, -0.1) is 0 Å². The summed E-state index contributed by atoms with van der Waals surface area (Å²) in [5, 5.41) is 21.6. The predicted octanol–water partition coefficient (Wildman–Crippen LogP) is 3.94. The highest BCUT2D eigenvalue weighted by Gasteiger charge is 2.32. The number of nitrogens with zero attached hydrogens (tertiary/aromatic N) is 1. The molecule has 1 unspecified atom stereocenters. The maximum absolute atomic E-state index is 13.5. The first-order valence-electron chi connectivity index (χ1n) is 8.60. The van der Waals surface area contributed by atoms with E-state index >= 15 is 0 Å². The number of carboxylic acid groups (broad SMARTS) is 1. The van der Waals surface area contributed by atoms with E-state index in [2.05, 4.69) is 38.1 Å². The highest BCUT2D eigenvalue weighted by Crippen LogP contribution is 2.31. The molecule has 0 bridgehead atoms. The molecule has 5 nitrogen and oxygen atoms in total. The molecule has 1 aromatic carbocycles. The van der Waals surface area contributed by atoms with Crippen LogP contribution >= 0.6 is 15.9 Å². The fourth-order valence-electron chi connectivity index (χ4n) is 2.92. The molecule has 1 atom stereocenters. The first kappa shape index (κ1) is 20.2. The van der Waals surface area contributed by atoms with Gasteiger partial charge in [0, 0.05) is 10.5 Å². The van der Waals surface area contributed by atoms with Crippen LogP contribution in [0.15, 0.2) is 34.8 Å². The fourth-order valence-corrected chi connectivity index (χ4v) is 3.42. The van der Waals surface area contributed by atoms with Crippen LogP contribution in [0.4, 0.5) is 13.6 Å². The van der Waals surface area contributed by atoms with Gasteiger partial charge in [0.05, 0.1) is 11.7 Å². The molecule has 1 heterocycles. The molecule has 1 aromatic heterocycles. The Morgan fingerprint density at radius 2 is 1.96 bits per heavy atom. The minimum Gasteiger partial charge on any atom is -0.465 e. The summed E-state index contributed by atoms with van der Waals surface area (Å²) in [5.41, 5.74) is -0.0157. The van der Waals surface area contributed by atoms with Crippen molar-refractivity contribution in [1.82, 2.24) is 10.3 Å². The molecule has 1 saturated carbocycles. The number of hydrogen-bond acceptors (Lipinski definition) is 3. The summed E-state index contributed by atoms with van der Waals surface area (Å²) in [6.07, 6.45) is 0.831. The Kier molecular flexibility index (Phi) is 5.96. The van der Waals surface area contributed by atoms with Gasteiger partial charge in [-0.3, -0.25) is 0 Å². The van der Waals surface area contributed by atoms with E-state index in [-0.39, 0.29) is 12.0 Å². The van der Waals surface area contributed by atoms with Gasteiger partial charge >= 0.3 is 6.09 Å². The summed E-state index contributed by atoms with van der Waals surface area (Å²) in [6, 6.07) is 5.48. The maximum atomic E-state index is 13.5. The average Bonchev–Trinajstić information content (AvgIpc) is 2.57. The average molecular weight is 451 g/mol. The smallest absolute Gasteiger partial charge is 0.405 e. The van der Waals surface area contributed by atoms with Gasteiger partial charge in [-0.1, -0.05) is 5.92 Å². The van der Waals surface area contributed by atoms with Gasteiger partial charge in [0.15, 0.2) is 0 Å². The second-order valence-electron chi connectivity index (χ2n) is 6.68. The van der Waals surface area contributed by atoms with Gasteiger partial charge in [-0.2, -0.15) is 0 Å². The molecule has 1 aliphatic rings. The first-order chi connectivity index (χ1) is 13.2. The molecule has 3 N–H and O–H groups in total. The molecule has 0 aliphatic heterocycles. The minimum atomic E-state index is -1.30. The van der Waals surface area contributed by atoms with Crippen LogP contribution in [0.1, 0.15) is 42.3 Å². The lowest BCUT2D eigenvalue weighted by atomic mass is 9.81. The third kappa shape index (κ3) is 5.06. The van der Waals surface area contributed by atoms with Gasteiger partial charge in [0.2, 0.25) is 0 Å². The van der Waals surface area contributed by atoms with Crippen LogP contribution in [-0.2, 0) is 6.42 Å². The van der Waals surface area contributed by atoms with Crippen molar-refractivity contribution in [3.05, 3.63) is 63.4 Å². The maximum Gasteiger partial charge on any atom is 0.405 e. The number of benzene rings is 1. The van der Waals surface area contributed by atoms with Crippen molar-refractivity contribution in [2.75, 3.05) is 0 Å². The van der Waals surface area contributed by atoms with Gasteiger partial charge in [0.25, 0.3) is 0 Å². The monoisotopic (exact) mass is 450 g/mol. The largest absolute Gasteiger partial charge is 0.465 e. The minimum absolute atomic E-state index is 0.00655. The van der Waals surface area contributed by atoms with Crippen molar-refractivity contribution in [3.8, 4) is 11.8 Å². The summed E-state index contributed by atoms with van der Waals surface area (Å²) >= 11 is 3.34. The molecular formula is C20H17BrF2N2O3. The number of pyridine rings is 1. The summed E-state index contributed by atoms with van der Waals surface area (Å²) in [6.45, 7) is 0. The summed E-state index contributed by atoms with van der Waals surface area (Å²) in [4.78, 5) is 15.6. The lowest BCUT2D eigenvalue weighted by molar-refractivity contribution is 0.0239. The van der Waals surface area contributed by atoms with Crippen LogP contribution in [0.2, 0.25) is 0 Å². The number of carbonyl (C=O) groups is 1. The van der Waals surface area contributed by atoms with Crippen LogP contribution in [0, 0.1) is 23.5 Å². The number of halogens is 3. The van der Waals surface area contributed by atoms with E-state index in [1.54, 1.807) is 12.1 Å². The van der Waals surface area contributed by atoms with Crippen molar-refractivity contribution >= 4 is 22.0 Å². The molecular weight excluding hydrogens is 434 g/mol. The fraction of sp³-hybridized carbons (Fsp3) is 0.300. The first-order valence-corrected chi connectivity index (χ1v) is 9.40. The lowest BCUT2D eigenvalue weighted by Gasteiger charge is -2.30. The SMILES string of the molecule is O=C(O)NC(Cc1cc(F)cc(F)c1)c1nc(C#CC2(O)CCC2)ccc1Br. The Bertz CT molecular complexity index is 947. The molecule has 0 saturated heterocycles. The third-order valence-corrected chi connectivity index (χ3v) is 5.14. The summed E-state index contributed by atoms with van der Waals surface area (Å²) in [7, 11) is 0. The number of rotatable bonds is 4. The van der Waals surface area contributed by atoms with Crippen molar-refractivity contribution in [1.29, 1.82) is 0 Å². The summed E-state index contributed by atoms with van der Waals surface area (Å²) < 4.78 is 27.5. The number of amides is 1. The second kappa shape index (κ2) is 8.25. The zero-order valence-electron chi connectivity index (χ0n) is 14.7. The summed E-state index contributed by atoms with van der Waals surface area (Å²) in [5.74, 6) is 4.12. The molecule has 0 spiro atoms. The Balaban J connectivity index is 1.92. The van der Waals surface area contributed by atoms with Crippen molar-refractivity contribution < 1.29 is 23.8 Å². The molecule has 0 radical (unpaired) electrons. The second-order valence-corrected chi connectivity index (χ2v) is 7.54. The zero-order valence-corrected chi connectivity index (χ0v) is 16.3. The van der Waals surface area contributed by atoms with E-state index in [9.17, 15) is 23.8 Å². The number of aromatic nitrogens is 1. The van der Waals surface area contributed by atoms with E-state index < -0.39 is 29.4 Å². The highest BCUT2D eigenvalue weighted by molar-refractivity contribution is 9.10. The predicted molar refractivity (Wildman–Crippen MR) is 102 cm³/mol. The van der Waals surface area contributed by atoms with E-state index in [1.807, 2.05) is 0 Å². The lowest BCUT2D eigenvalue weighted by Crippen LogP contribution is -2.34. The highest BCUT2D eigenvalue weighted by atomic mass is 79.9.